The van der Waals surface area contributed by atoms with Gasteiger partial charge in [0, 0.05) is 52.4 Å². The first kappa shape index (κ1) is 34.6. The van der Waals surface area contributed by atoms with Crippen molar-refractivity contribution in [2.75, 3.05) is 0 Å². The minimum atomic E-state index is -2.41. The van der Waals surface area contributed by atoms with Gasteiger partial charge in [-0.05, 0) is 36.4 Å². The second-order valence-electron chi connectivity index (χ2n) is 13.1. The molecule has 0 radical (unpaired) electrons. The maximum absolute atomic E-state index is 13.4. The number of rotatable bonds is 4. The standard InChI is InChI=1S/C37H28O18/c38-14-7-17(40)27-24(8-14)54-37(13-5-22(45)32(49)23(46)6-13)35(50)29(27)28-25(55-37)10-16(39)15-9-26(52-36(51)12-3-20(43)31(48)21(44)4-12)33(53-34(15)28)11-1-18(41)30(47)19(42)2-11/h1-8,10,26,29,33,35,38-50H,9H2/t26-,29-,33-,35+,37-/m1/s1. The molecule has 3 aliphatic rings. The molecule has 5 aromatic rings. The lowest BCUT2D eigenvalue weighted by Crippen LogP contribution is -2.57. The molecule has 2 bridgehead atoms. The van der Waals surface area contributed by atoms with E-state index in [2.05, 4.69) is 0 Å². The van der Waals surface area contributed by atoms with Crippen LogP contribution in [0, 0.1) is 0 Å². The molecule has 0 aliphatic carbocycles. The minimum Gasteiger partial charge on any atom is -0.508 e. The number of carbonyl (C=O) groups excluding carboxylic acids is 1. The first-order valence-electron chi connectivity index (χ1n) is 16.1. The highest BCUT2D eigenvalue weighted by Crippen LogP contribution is 2.63. The number of aliphatic hydroxyl groups is 1. The van der Waals surface area contributed by atoms with Crippen LogP contribution in [0.15, 0.2) is 54.6 Å². The fourth-order valence-corrected chi connectivity index (χ4v) is 7.24. The number of hydrogen-bond acceptors (Lipinski definition) is 18. The number of hydrogen-bond donors (Lipinski definition) is 13. The van der Waals surface area contributed by atoms with Crippen molar-refractivity contribution in [3.8, 4) is 86.2 Å². The molecule has 0 fully saturated rings. The van der Waals surface area contributed by atoms with Gasteiger partial charge in [-0.1, -0.05) is 0 Å². The van der Waals surface area contributed by atoms with Crippen molar-refractivity contribution in [1.82, 2.24) is 0 Å². The molecule has 18 heteroatoms. The molecular formula is C37H28O18. The van der Waals surface area contributed by atoms with Gasteiger partial charge in [-0.15, -0.1) is 0 Å². The summed E-state index contributed by atoms with van der Waals surface area (Å²) < 4.78 is 24.5. The van der Waals surface area contributed by atoms with Crippen LogP contribution in [0.1, 0.15) is 50.2 Å². The van der Waals surface area contributed by atoms with Crippen LogP contribution in [-0.4, -0.2) is 84.6 Å². The zero-order valence-corrected chi connectivity index (χ0v) is 27.6. The van der Waals surface area contributed by atoms with Gasteiger partial charge >= 0.3 is 11.8 Å². The van der Waals surface area contributed by atoms with E-state index in [-0.39, 0.29) is 45.1 Å². The van der Waals surface area contributed by atoms with Gasteiger partial charge in [0.05, 0.1) is 11.5 Å². The molecule has 5 aromatic carbocycles. The molecule has 8 rings (SSSR count). The van der Waals surface area contributed by atoms with Crippen molar-refractivity contribution >= 4 is 5.97 Å². The molecule has 0 saturated carbocycles. The summed E-state index contributed by atoms with van der Waals surface area (Å²) in [5, 5.41) is 137. The third-order valence-corrected chi connectivity index (χ3v) is 9.76. The molecule has 0 unspecified atom stereocenters. The molecule has 13 N–H and O–H groups in total. The van der Waals surface area contributed by atoms with Crippen molar-refractivity contribution in [3.05, 3.63) is 88.0 Å². The Hall–Kier alpha value is -7.47. The van der Waals surface area contributed by atoms with Crippen molar-refractivity contribution < 1.29 is 90.1 Å². The molecule has 55 heavy (non-hydrogen) atoms. The van der Waals surface area contributed by atoms with E-state index in [9.17, 15) is 71.2 Å². The SMILES string of the molecule is O=C(O[C@@H]1Cc2c(O)cc3c(c2O[C@@H]1c1cc(O)c(O)c(O)c1)[C@H]1c2c(O)cc(O)cc2O[C@](c2cc(O)c(O)c(O)c2)(O3)[C@H]1O)c1cc(O)c(O)c(O)c1. The van der Waals surface area contributed by atoms with Crippen molar-refractivity contribution in [2.45, 2.75) is 36.4 Å². The first-order chi connectivity index (χ1) is 26.0. The summed E-state index contributed by atoms with van der Waals surface area (Å²) in [6.45, 7) is 0. The van der Waals surface area contributed by atoms with E-state index in [4.69, 9.17) is 18.9 Å². The third kappa shape index (κ3) is 5.10. The third-order valence-electron chi connectivity index (χ3n) is 9.76. The van der Waals surface area contributed by atoms with Crippen LogP contribution in [0.2, 0.25) is 0 Å². The van der Waals surface area contributed by atoms with E-state index in [1.54, 1.807) is 0 Å². The van der Waals surface area contributed by atoms with Crippen LogP contribution in [0.4, 0.5) is 0 Å². The number of esters is 1. The highest BCUT2D eigenvalue weighted by molar-refractivity contribution is 5.91. The molecule has 0 spiro atoms. The van der Waals surface area contributed by atoms with Gasteiger partial charge in [0.1, 0.15) is 46.7 Å². The number of fused-ring (bicyclic) bond motifs is 8. The second-order valence-corrected chi connectivity index (χ2v) is 13.1. The van der Waals surface area contributed by atoms with E-state index in [1.807, 2.05) is 0 Å². The van der Waals surface area contributed by atoms with Crippen LogP contribution < -0.4 is 14.2 Å². The Bertz CT molecular complexity index is 2410. The highest BCUT2D eigenvalue weighted by Gasteiger charge is 2.60. The Kier molecular flexibility index (Phi) is 7.41. The summed E-state index contributed by atoms with van der Waals surface area (Å²) in [6.07, 6.45) is -5.31. The Morgan fingerprint density at radius 1 is 0.618 bits per heavy atom. The molecule has 3 aliphatic heterocycles. The first-order valence-corrected chi connectivity index (χ1v) is 16.1. The van der Waals surface area contributed by atoms with Gasteiger partial charge in [0.2, 0.25) is 0 Å². The van der Waals surface area contributed by atoms with Crippen molar-refractivity contribution in [1.29, 1.82) is 0 Å². The van der Waals surface area contributed by atoms with E-state index in [0.29, 0.717) is 0 Å². The van der Waals surface area contributed by atoms with Crippen LogP contribution in [-0.2, 0) is 16.9 Å². The number of carbonyl (C=O) groups is 1. The smallest absolute Gasteiger partial charge is 0.338 e. The van der Waals surface area contributed by atoms with E-state index in [1.165, 1.54) is 0 Å². The maximum Gasteiger partial charge on any atom is 0.338 e. The number of benzene rings is 5. The summed E-state index contributed by atoms with van der Waals surface area (Å²) in [5.41, 5.74) is -1.03. The Balaban J connectivity index is 1.33. The molecule has 5 atom stereocenters. The summed E-state index contributed by atoms with van der Waals surface area (Å²) in [4.78, 5) is 13.4. The summed E-state index contributed by atoms with van der Waals surface area (Å²) in [6, 6.07) is 8.57. The molecule has 0 saturated heterocycles. The fraction of sp³-hybridized carbons (Fsp3) is 0.162. The fourth-order valence-electron chi connectivity index (χ4n) is 7.24. The normalized spacial score (nSPS) is 21.8. The lowest BCUT2D eigenvalue weighted by molar-refractivity contribution is -0.219. The highest BCUT2D eigenvalue weighted by atomic mass is 16.7. The van der Waals surface area contributed by atoms with Crippen LogP contribution in [0.3, 0.4) is 0 Å². The zero-order valence-electron chi connectivity index (χ0n) is 27.6. The zero-order chi connectivity index (χ0) is 39.4. The summed E-state index contributed by atoms with van der Waals surface area (Å²) in [7, 11) is 0. The van der Waals surface area contributed by atoms with Gasteiger partial charge in [-0.2, -0.15) is 0 Å². The number of aromatic hydroxyl groups is 12. The summed E-state index contributed by atoms with van der Waals surface area (Å²) >= 11 is 0. The average molecular weight is 761 g/mol. The number of ether oxygens (including phenoxy) is 4. The van der Waals surface area contributed by atoms with Gasteiger partial charge < -0.3 is 85.3 Å². The lowest BCUT2D eigenvalue weighted by Gasteiger charge is -2.50. The van der Waals surface area contributed by atoms with Gasteiger partial charge in [0.15, 0.2) is 57.8 Å². The van der Waals surface area contributed by atoms with E-state index in [0.717, 1.165) is 54.6 Å². The van der Waals surface area contributed by atoms with Crippen LogP contribution >= 0.6 is 0 Å². The minimum absolute atomic E-state index is 0.0518. The number of phenolic OH excluding ortho intramolecular Hbond substituents is 12. The summed E-state index contributed by atoms with van der Waals surface area (Å²) in [5.74, 6) is -15.1. The van der Waals surface area contributed by atoms with Crippen LogP contribution in [0.5, 0.6) is 86.2 Å². The molecule has 0 amide bonds. The molecule has 18 nitrogen and oxygen atoms in total. The van der Waals surface area contributed by atoms with Crippen LogP contribution in [0.25, 0.3) is 0 Å². The monoisotopic (exact) mass is 760 g/mol. The Morgan fingerprint density at radius 2 is 1.15 bits per heavy atom. The number of aliphatic hydroxyl groups excluding tert-OH is 1. The second kappa shape index (κ2) is 11.8. The largest absolute Gasteiger partial charge is 0.508 e. The topological polar surface area (TPSA) is 317 Å². The molecular weight excluding hydrogens is 732 g/mol. The molecule has 284 valence electrons. The Morgan fingerprint density at radius 3 is 1.73 bits per heavy atom. The molecule has 0 aromatic heterocycles. The van der Waals surface area contributed by atoms with Crippen molar-refractivity contribution in [3.63, 3.8) is 0 Å². The number of phenols is 12. The van der Waals surface area contributed by atoms with Gasteiger partial charge in [-0.25, -0.2) is 4.79 Å². The average Bonchev–Trinajstić information content (AvgIpc) is 3.11. The maximum atomic E-state index is 13.4. The lowest BCUT2D eigenvalue weighted by atomic mass is 9.74. The predicted molar refractivity (Wildman–Crippen MR) is 179 cm³/mol. The molecule has 3 heterocycles. The van der Waals surface area contributed by atoms with Gasteiger partial charge in [-0.3, -0.25) is 0 Å². The quantitative estimate of drug-likeness (QED) is 0.0924. The predicted octanol–water partition coefficient (Wildman–Crippen LogP) is 3.19. The van der Waals surface area contributed by atoms with Crippen molar-refractivity contribution in [2.24, 2.45) is 0 Å². The Labute approximate surface area is 306 Å². The van der Waals surface area contributed by atoms with Gasteiger partial charge in [0.25, 0.3) is 0 Å². The van der Waals surface area contributed by atoms with E-state index >= 15 is 0 Å². The van der Waals surface area contributed by atoms with E-state index < -0.39 is 117 Å².